The van der Waals surface area contributed by atoms with Gasteiger partial charge in [0.05, 0.1) is 6.54 Å². The third-order valence-electron chi connectivity index (χ3n) is 5.04. The van der Waals surface area contributed by atoms with Crippen molar-refractivity contribution in [3.8, 4) is 0 Å². The summed E-state index contributed by atoms with van der Waals surface area (Å²) in [5.41, 5.74) is 6.88. The van der Waals surface area contributed by atoms with E-state index in [0.29, 0.717) is 0 Å². The highest BCUT2D eigenvalue weighted by Crippen LogP contribution is 2.35. The van der Waals surface area contributed by atoms with Gasteiger partial charge < -0.3 is 10.6 Å². The van der Waals surface area contributed by atoms with Crippen molar-refractivity contribution in [2.24, 2.45) is 0 Å². The Morgan fingerprint density at radius 2 is 2.00 bits per heavy atom. The Morgan fingerprint density at radius 1 is 1.28 bits per heavy atom. The molecule has 0 spiro atoms. The van der Waals surface area contributed by atoms with Gasteiger partial charge in [0, 0.05) is 17.8 Å². The number of Topliss-reactive ketones (excluding diaryl/α,β-unsaturated/α-hetero) is 1. The summed E-state index contributed by atoms with van der Waals surface area (Å²) in [4.78, 5) is 41.3. The standard InChI is InChI=1S/C18H20N4O3/c1-10-8-11-4-2-3-5-13(11)21(10)9-14(23)15-16(19)22(12-6-7-12)18(25)20-17(15)24/h2-5,10,12H,6-9,19H2,1H3,(H,20,24,25)/t10-/m0/s1. The first-order valence-electron chi connectivity index (χ1n) is 8.49. The van der Waals surface area contributed by atoms with E-state index in [1.165, 1.54) is 10.1 Å². The first-order valence-corrected chi connectivity index (χ1v) is 8.49. The molecular formula is C18H20N4O3. The Labute approximate surface area is 144 Å². The topological polar surface area (TPSA) is 101 Å². The SMILES string of the molecule is C[C@H]1Cc2ccccc2N1CC(=O)c1c(N)n(C2CC2)c(=O)[nH]c1=O. The zero-order valence-electron chi connectivity index (χ0n) is 14.0. The van der Waals surface area contributed by atoms with Crippen LogP contribution < -0.4 is 21.9 Å². The monoisotopic (exact) mass is 340 g/mol. The second kappa shape index (κ2) is 5.61. The summed E-state index contributed by atoms with van der Waals surface area (Å²) in [6.45, 7) is 2.11. The van der Waals surface area contributed by atoms with Crippen LogP contribution in [0.3, 0.4) is 0 Å². The quantitative estimate of drug-likeness (QED) is 0.811. The summed E-state index contributed by atoms with van der Waals surface area (Å²) in [6.07, 6.45) is 2.53. The average Bonchev–Trinajstić information content (AvgIpc) is 3.32. The highest BCUT2D eigenvalue weighted by Gasteiger charge is 2.32. The van der Waals surface area contributed by atoms with E-state index in [-0.39, 0.29) is 35.8 Å². The number of nitrogens with one attached hydrogen (secondary N) is 1. The van der Waals surface area contributed by atoms with Gasteiger partial charge in [-0.3, -0.25) is 19.1 Å². The summed E-state index contributed by atoms with van der Waals surface area (Å²) in [6, 6.07) is 8.09. The molecule has 3 N–H and O–H groups in total. The molecule has 0 unspecified atom stereocenters. The van der Waals surface area contributed by atoms with Crippen LogP contribution in [0.1, 0.15) is 41.7 Å². The van der Waals surface area contributed by atoms with Gasteiger partial charge in [0.2, 0.25) is 0 Å². The summed E-state index contributed by atoms with van der Waals surface area (Å²) in [7, 11) is 0. The number of rotatable bonds is 4. The average molecular weight is 340 g/mol. The Morgan fingerprint density at radius 3 is 2.72 bits per heavy atom. The fraction of sp³-hybridized carbons (Fsp3) is 0.389. The number of anilines is 2. The van der Waals surface area contributed by atoms with Crippen molar-refractivity contribution in [3.63, 3.8) is 0 Å². The summed E-state index contributed by atoms with van der Waals surface area (Å²) in [5, 5.41) is 0. The van der Waals surface area contributed by atoms with Crippen molar-refractivity contribution in [1.29, 1.82) is 0 Å². The van der Waals surface area contributed by atoms with Crippen LogP contribution in [-0.4, -0.2) is 27.9 Å². The van der Waals surface area contributed by atoms with E-state index < -0.39 is 11.2 Å². The van der Waals surface area contributed by atoms with E-state index in [4.69, 9.17) is 5.73 Å². The molecule has 1 fully saturated rings. The number of H-pyrrole nitrogens is 1. The minimum absolute atomic E-state index is 0.0117. The van der Waals surface area contributed by atoms with Crippen LogP contribution in [0.5, 0.6) is 0 Å². The molecule has 2 heterocycles. The van der Waals surface area contributed by atoms with Crippen LogP contribution in [0.15, 0.2) is 33.9 Å². The molecule has 2 aromatic rings. The predicted octanol–water partition coefficient (Wildman–Crippen LogP) is 1.09. The fourth-order valence-electron chi connectivity index (χ4n) is 3.64. The molecular weight excluding hydrogens is 320 g/mol. The van der Waals surface area contributed by atoms with Gasteiger partial charge in [0.25, 0.3) is 5.56 Å². The van der Waals surface area contributed by atoms with Crippen molar-refractivity contribution in [3.05, 3.63) is 56.2 Å². The summed E-state index contributed by atoms with van der Waals surface area (Å²) < 4.78 is 1.34. The normalized spacial score (nSPS) is 19.1. The second-order valence-corrected chi connectivity index (χ2v) is 6.85. The van der Waals surface area contributed by atoms with E-state index in [0.717, 1.165) is 24.9 Å². The molecule has 1 aliphatic carbocycles. The van der Waals surface area contributed by atoms with Crippen LogP contribution in [0, 0.1) is 0 Å². The van der Waals surface area contributed by atoms with E-state index in [1.807, 2.05) is 36.1 Å². The molecule has 7 heteroatoms. The highest BCUT2D eigenvalue weighted by atomic mass is 16.2. The first-order chi connectivity index (χ1) is 12.0. The maximum atomic E-state index is 12.8. The number of hydrogen-bond acceptors (Lipinski definition) is 5. The molecule has 130 valence electrons. The van der Waals surface area contributed by atoms with Crippen LogP contribution >= 0.6 is 0 Å². The maximum Gasteiger partial charge on any atom is 0.330 e. The number of para-hydroxylation sites is 1. The number of benzene rings is 1. The number of fused-ring (bicyclic) bond motifs is 1. The molecule has 1 atom stereocenters. The molecule has 0 bridgehead atoms. The van der Waals surface area contributed by atoms with Crippen molar-refractivity contribution in [2.45, 2.75) is 38.3 Å². The molecule has 1 aromatic carbocycles. The van der Waals surface area contributed by atoms with Crippen molar-refractivity contribution >= 4 is 17.3 Å². The maximum absolute atomic E-state index is 12.8. The van der Waals surface area contributed by atoms with Crippen LogP contribution in [-0.2, 0) is 6.42 Å². The highest BCUT2D eigenvalue weighted by molar-refractivity contribution is 6.02. The first kappa shape index (κ1) is 15.7. The van der Waals surface area contributed by atoms with Gasteiger partial charge in [-0.2, -0.15) is 0 Å². The Balaban J connectivity index is 1.70. The molecule has 2 aliphatic rings. The number of aromatic amines is 1. The molecule has 1 aromatic heterocycles. The van der Waals surface area contributed by atoms with E-state index in [1.54, 1.807) is 0 Å². The third kappa shape index (κ3) is 2.56. The van der Waals surface area contributed by atoms with E-state index in [9.17, 15) is 14.4 Å². The Hall–Kier alpha value is -2.83. The molecule has 0 amide bonds. The van der Waals surface area contributed by atoms with Gasteiger partial charge in [-0.15, -0.1) is 0 Å². The molecule has 1 saturated carbocycles. The number of nitrogens with two attached hydrogens (primary N) is 1. The van der Waals surface area contributed by atoms with Crippen LogP contribution in [0.2, 0.25) is 0 Å². The van der Waals surface area contributed by atoms with E-state index in [2.05, 4.69) is 4.98 Å². The zero-order valence-corrected chi connectivity index (χ0v) is 14.0. The summed E-state index contributed by atoms with van der Waals surface area (Å²) in [5.74, 6) is -0.377. The van der Waals surface area contributed by atoms with Gasteiger partial charge in [-0.05, 0) is 37.8 Å². The number of carbonyl (C=O) groups is 1. The largest absolute Gasteiger partial charge is 0.384 e. The smallest absolute Gasteiger partial charge is 0.330 e. The second-order valence-electron chi connectivity index (χ2n) is 6.85. The van der Waals surface area contributed by atoms with Crippen molar-refractivity contribution in [1.82, 2.24) is 9.55 Å². The van der Waals surface area contributed by atoms with Crippen LogP contribution in [0.4, 0.5) is 11.5 Å². The molecule has 25 heavy (non-hydrogen) atoms. The number of ketones is 1. The van der Waals surface area contributed by atoms with Gasteiger partial charge in [0.15, 0.2) is 5.78 Å². The van der Waals surface area contributed by atoms with Crippen LogP contribution in [0.25, 0.3) is 0 Å². The lowest BCUT2D eigenvalue weighted by atomic mass is 10.1. The van der Waals surface area contributed by atoms with Gasteiger partial charge in [0.1, 0.15) is 11.4 Å². The predicted molar refractivity (Wildman–Crippen MR) is 95.3 cm³/mol. The third-order valence-corrected chi connectivity index (χ3v) is 5.04. The number of hydrogen-bond donors (Lipinski definition) is 2. The van der Waals surface area contributed by atoms with Gasteiger partial charge in [-0.1, -0.05) is 18.2 Å². The van der Waals surface area contributed by atoms with Crippen molar-refractivity contribution < 1.29 is 4.79 Å². The Kier molecular flexibility index (Phi) is 3.52. The van der Waals surface area contributed by atoms with Gasteiger partial charge in [-0.25, -0.2) is 4.79 Å². The Bertz CT molecular complexity index is 971. The molecule has 7 nitrogen and oxygen atoms in total. The van der Waals surface area contributed by atoms with Crippen molar-refractivity contribution in [2.75, 3.05) is 17.2 Å². The molecule has 0 radical (unpaired) electrons. The van der Waals surface area contributed by atoms with E-state index >= 15 is 0 Å². The minimum atomic E-state index is -0.704. The lowest BCUT2D eigenvalue weighted by Gasteiger charge is -2.24. The number of carbonyl (C=O) groups excluding carboxylic acids is 1. The molecule has 1 aliphatic heterocycles. The van der Waals surface area contributed by atoms with Gasteiger partial charge >= 0.3 is 5.69 Å². The zero-order chi connectivity index (χ0) is 17.7. The molecule has 4 rings (SSSR count). The minimum Gasteiger partial charge on any atom is -0.384 e. The lowest BCUT2D eigenvalue weighted by Crippen LogP contribution is -2.40. The number of aromatic nitrogens is 2. The lowest BCUT2D eigenvalue weighted by molar-refractivity contribution is 0.0996. The summed E-state index contributed by atoms with van der Waals surface area (Å²) >= 11 is 0. The number of nitrogens with zero attached hydrogens (tertiary/aromatic N) is 2. The molecule has 0 saturated heterocycles. The number of nitrogen functional groups attached to an aromatic ring is 1. The fourth-order valence-corrected chi connectivity index (χ4v) is 3.64.